The second-order valence-electron chi connectivity index (χ2n) is 3.64. The van der Waals surface area contributed by atoms with Gasteiger partial charge in [-0.25, -0.2) is 9.97 Å². The van der Waals surface area contributed by atoms with Gasteiger partial charge < -0.3 is 15.7 Å². The van der Waals surface area contributed by atoms with Crippen LogP contribution in [0.4, 0.5) is 5.69 Å². The Morgan fingerprint density at radius 3 is 2.94 bits per heavy atom. The van der Waals surface area contributed by atoms with Crippen LogP contribution in [0.25, 0.3) is 22.4 Å². The molecule has 3 rings (SSSR count). The first-order valence-electron chi connectivity index (χ1n) is 5.03. The summed E-state index contributed by atoms with van der Waals surface area (Å²) in [7, 11) is 0. The first-order chi connectivity index (χ1) is 8.24. The van der Waals surface area contributed by atoms with Crippen LogP contribution in [0.5, 0.6) is 0 Å². The van der Waals surface area contributed by atoms with E-state index in [0.29, 0.717) is 10.5 Å². The molecule has 0 saturated heterocycles. The van der Waals surface area contributed by atoms with E-state index in [1.165, 1.54) is 0 Å². The number of rotatable bonds is 1. The number of hydrogen-bond acceptors (Lipinski definition) is 4. The van der Waals surface area contributed by atoms with E-state index in [4.69, 9.17) is 18.0 Å². The molecule has 0 fully saturated rings. The number of pyridine rings is 1. The lowest BCUT2D eigenvalue weighted by Gasteiger charge is -2.01. The minimum Gasteiger partial charge on any atom is -0.396 e. The molecule has 0 spiro atoms. The predicted octanol–water partition coefficient (Wildman–Crippen LogP) is 2.26. The van der Waals surface area contributed by atoms with E-state index >= 15 is 0 Å². The Balaban J connectivity index is 2.27. The van der Waals surface area contributed by atoms with Crippen LogP contribution in [-0.4, -0.2) is 19.9 Å². The minimum atomic E-state index is 0.404. The Morgan fingerprint density at radius 2 is 2.12 bits per heavy atom. The predicted molar refractivity (Wildman–Crippen MR) is 68.9 cm³/mol. The number of H-pyrrole nitrogens is 2. The number of nitrogens with one attached hydrogen (secondary N) is 2. The van der Waals surface area contributed by atoms with Crippen molar-refractivity contribution in [3.8, 4) is 11.4 Å². The summed E-state index contributed by atoms with van der Waals surface area (Å²) in [5.74, 6) is 0. The number of fused-ring (bicyclic) bond motifs is 1. The minimum absolute atomic E-state index is 0.404. The van der Waals surface area contributed by atoms with Crippen molar-refractivity contribution in [3.63, 3.8) is 0 Å². The molecule has 17 heavy (non-hydrogen) atoms. The molecule has 0 unspecified atom stereocenters. The first kappa shape index (κ1) is 9.98. The molecule has 84 valence electrons. The standard InChI is InChI=1S/C11H9N5S/c12-7-5-14-11(17)16-9(7)8-4-6-2-1-3-13-10(6)15-8/h1-5H,12H2,(H,13,15)(H,14,16,17). The lowest BCUT2D eigenvalue weighted by molar-refractivity contribution is 1.13. The summed E-state index contributed by atoms with van der Waals surface area (Å²) in [6.07, 6.45) is 3.29. The highest BCUT2D eigenvalue weighted by Gasteiger charge is 2.07. The number of nitrogen functional groups attached to an aromatic ring is 1. The molecule has 6 heteroatoms. The Labute approximate surface area is 102 Å². The van der Waals surface area contributed by atoms with Crippen LogP contribution in [0.1, 0.15) is 0 Å². The highest BCUT2D eigenvalue weighted by Crippen LogP contribution is 2.24. The Bertz CT molecular complexity index is 710. The molecule has 5 nitrogen and oxygen atoms in total. The maximum Gasteiger partial charge on any atom is 0.197 e. The molecule has 0 saturated carbocycles. The Hall–Kier alpha value is -2.21. The fraction of sp³-hybridized carbons (Fsp3) is 0. The monoisotopic (exact) mass is 243 g/mol. The maximum absolute atomic E-state index is 5.86. The van der Waals surface area contributed by atoms with Crippen LogP contribution in [0.3, 0.4) is 0 Å². The van der Waals surface area contributed by atoms with Crippen LogP contribution in [0.15, 0.2) is 30.6 Å². The molecule has 0 bridgehead atoms. The number of aromatic nitrogens is 4. The average Bonchev–Trinajstić information content (AvgIpc) is 2.75. The van der Waals surface area contributed by atoms with Crippen molar-refractivity contribution in [2.45, 2.75) is 0 Å². The van der Waals surface area contributed by atoms with E-state index in [1.807, 2.05) is 18.2 Å². The first-order valence-corrected chi connectivity index (χ1v) is 5.44. The van der Waals surface area contributed by atoms with Crippen molar-refractivity contribution in [1.29, 1.82) is 0 Å². The van der Waals surface area contributed by atoms with Gasteiger partial charge in [0.1, 0.15) is 5.65 Å². The van der Waals surface area contributed by atoms with E-state index in [-0.39, 0.29) is 0 Å². The highest BCUT2D eigenvalue weighted by molar-refractivity contribution is 7.71. The third-order valence-electron chi connectivity index (χ3n) is 2.50. The SMILES string of the molecule is Nc1cnc(=S)[nH]c1-c1cc2cccnc2[nH]1. The zero-order chi connectivity index (χ0) is 11.8. The smallest absolute Gasteiger partial charge is 0.197 e. The van der Waals surface area contributed by atoms with Gasteiger partial charge in [0.2, 0.25) is 0 Å². The van der Waals surface area contributed by atoms with E-state index in [9.17, 15) is 0 Å². The molecule has 0 radical (unpaired) electrons. The van der Waals surface area contributed by atoms with Crippen molar-refractivity contribution >= 4 is 28.9 Å². The second-order valence-corrected chi connectivity index (χ2v) is 4.03. The second kappa shape index (κ2) is 3.67. The van der Waals surface area contributed by atoms with Gasteiger partial charge in [-0.15, -0.1) is 0 Å². The van der Waals surface area contributed by atoms with Crippen molar-refractivity contribution in [2.24, 2.45) is 0 Å². The van der Waals surface area contributed by atoms with Gasteiger partial charge in [0.05, 0.1) is 23.3 Å². The van der Waals surface area contributed by atoms with Crippen molar-refractivity contribution in [1.82, 2.24) is 19.9 Å². The van der Waals surface area contributed by atoms with Gasteiger partial charge in [-0.2, -0.15) is 0 Å². The summed E-state index contributed by atoms with van der Waals surface area (Å²) in [6.45, 7) is 0. The fourth-order valence-corrected chi connectivity index (χ4v) is 1.87. The number of nitrogens with two attached hydrogens (primary N) is 1. The quantitative estimate of drug-likeness (QED) is 0.572. The van der Waals surface area contributed by atoms with Gasteiger partial charge in [-0.05, 0) is 30.4 Å². The third kappa shape index (κ3) is 1.68. The van der Waals surface area contributed by atoms with Crippen molar-refractivity contribution in [2.75, 3.05) is 5.73 Å². The summed E-state index contributed by atoms with van der Waals surface area (Å²) in [4.78, 5) is 14.3. The molecule has 0 atom stereocenters. The summed E-state index contributed by atoms with van der Waals surface area (Å²) in [5.41, 5.74) is 8.82. The molecular weight excluding hydrogens is 234 g/mol. The molecule has 0 aliphatic rings. The van der Waals surface area contributed by atoms with E-state index in [1.54, 1.807) is 12.4 Å². The van der Waals surface area contributed by atoms with E-state index in [2.05, 4.69) is 19.9 Å². The molecule has 0 aliphatic heterocycles. The van der Waals surface area contributed by atoms with E-state index < -0.39 is 0 Å². The van der Waals surface area contributed by atoms with Gasteiger partial charge in [0, 0.05) is 11.6 Å². The van der Waals surface area contributed by atoms with Gasteiger partial charge in [0.25, 0.3) is 0 Å². The normalized spacial score (nSPS) is 10.8. The molecule has 0 aliphatic carbocycles. The van der Waals surface area contributed by atoms with Crippen molar-refractivity contribution < 1.29 is 0 Å². The van der Waals surface area contributed by atoms with Gasteiger partial charge in [-0.1, -0.05) is 0 Å². The third-order valence-corrected chi connectivity index (χ3v) is 2.71. The maximum atomic E-state index is 5.86. The molecule has 4 N–H and O–H groups in total. The van der Waals surface area contributed by atoms with Crippen LogP contribution >= 0.6 is 12.2 Å². The molecule has 3 aromatic heterocycles. The topological polar surface area (TPSA) is 83.4 Å². The summed E-state index contributed by atoms with van der Waals surface area (Å²) >= 11 is 4.99. The Kier molecular flexibility index (Phi) is 2.15. The summed E-state index contributed by atoms with van der Waals surface area (Å²) in [6, 6.07) is 5.84. The highest BCUT2D eigenvalue weighted by atomic mass is 32.1. The fourth-order valence-electron chi connectivity index (χ4n) is 1.72. The Morgan fingerprint density at radius 1 is 1.24 bits per heavy atom. The van der Waals surface area contributed by atoms with Crippen molar-refractivity contribution in [3.05, 3.63) is 35.4 Å². The van der Waals surface area contributed by atoms with Crippen LogP contribution < -0.4 is 5.73 Å². The van der Waals surface area contributed by atoms with E-state index in [0.717, 1.165) is 22.4 Å². The number of anilines is 1. The van der Waals surface area contributed by atoms with Gasteiger partial charge >= 0.3 is 0 Å². The molecule has 3 heterocycles. The molecule has 0 amide bonds. The zero-order valence-electron chi connectivity index (χ0n) is 8.77. The van der Waals surface area contributed by atoms with Gasteiger partial charge in [-0.3, -0.25) is 0 Å². The lowest BCUT2D eigenvalue weighted by atomic mass is 10.2. The molecule has 3 aromatic rings. The summed E-state index contributed by atoms with van der Waals surface area (Å²) < 4.78 is 0.404. The molecule has 0 aromatic carbocycles. The molecular formula is C11H9N5S. The average molecular weight is 243 g/mol. The van der Waals surface area contributed by atoms with Gasteiger partial charge in [0.15, 0.2) is 4.77 Å². The van der Waals surface area contributed by atoms with Crippen LogP contribution in [-0.2, 0) is 0 Å². The summed E-state index contributed by atoms with van der Waals surface area (Å²) in [5, 5.41) is 1.03. The lowest BCUT2D eigenvalue weighted by Crippen LogP contribution is -1.95. The zero-order valence-corrected chi connectivity index (χ0v) is 9.58. The number of hydrogen-bond donors (Lipinski definition) is 3. The number of aromatic amines is 2. The largest absolute Gasteiger partial charge is 0.396 e. The number of nitrogens with zero attached hydrogens (tertiary/aromatic N) is 2. The van der Waals surface area contributed by atoms with Crippen LogP contribution in [0.2, 0.25) is 0 Å². The van der Waals surface area contributed by atoms with Crippen LogP contribution in [0, 0.1) is 4.77 Å².